The third-order valence-electron chi connectivity index (χ3n) is 4.12. The Kier molecular flexibility index (Phi) is 7.00. The first kappa shape index (κ1) is 20.0. The normalized spacial score (nSPS) is 11.8. The third-order valence-corrected chi connectivity index (χ3v) is 6.16. The van der Waals surface area contributed by atoms with Gasteiger partial charge in [-0.05, 0) is 66.2 Å². The summed E-state index contributed by atoms with van der Waals surface area (Å²) in [7, 11) is 1.61. The number of halogens is 2. The predicted molar refractivity (Wildman–Crippen MR) is 116 cm³/mol. The quantitative estimate of drug-likeness (QED) is 0.274. The van der Waals surface area contributed by atoms with E-state index in [1.807, 2.05) is 60.7 Å². The molecule has 2 nitrogen and oxygen atoms in total. The molecule has 0 aliphatic carbocycles. The van der Waals surface area contributed by atoms with Crippen LogP contribution in [0.2, 0.25) is 5.02 Å². The summed E-state index contributed by atoms with van der Waals surface area (Å²) in [6.45, 7) is 0. The molecule has 5 heteroatoms. The average molecular weight is 462 g/mol. The van der Waals surface area contributed by atoms with Crippen LogP contribution in [0.3, 0.4) is 0 Å². The lowest BCUT2D eigenvalue weighted by atomic mass is 10.0. The van der Waals surface area contributed by atoms with Crippen molar-refractivity contribution in [1.29, 1.82) is 0 Å². The van der Waals surface area contributed by atoms with Crippen molar-refractivity contribution in [3.63, 3.8) is 0 Å². The predicted octanol–water partition coefficient (Wildman–Crippen LogP) is 7.22. The Hall–Kier alpha value is -1.75. The van der Waals surface area contributed by atoms with Crippen LogP contribution in [0.15, 0.2) is 82.2 Å². The molecular weight excluding hydrogens is 444 g/mol. The monoisotopic (exact) mass is 460 g/mol. The van der Waals surface area contributed by atoms with Gasteiger partial charge in [-0.3, -0.25) is 4.79 Å². The Bertz CT molecular complexity index is 893. The summed E-state index contributed by atoms with van der Waals surface area (Å²) in [4.78, 5) is 14.0. The molecule has 0 saturated heterocycles. The van der Waals surface area contributed by atoms with Crippen molar-refractivity contribution >= 4 is 45.1 Å². The van der Waals surface area contributed by atoms with Crippen LogP contribution in [-0.2, 0) is 0 Å². The molecule has 0 aliphatic rings. The van der Waals surface area contributed by atoms with Gasteiger partial charge in [0.2, 0.25) is 0 Å². The summed E-state index contributed by atoms with van der Waals surface area (Å²) >= 11 is 11.2. The Balaban J connectivity index is 1.82. The second-order valence-corrected chi connectivity index (χ2v) is 8.60. The number of thioether (sulfide) groups is 1. The second kappa shape index (κ2) is 9.45. The molecule has 0 N–H and O–H groups in total. The van der Waals surface area contributed by atoms with Crippen molar-refractivity contribution in [1.82, 2.24) is 0 Å². The third kappa shape index (κ3) is 5.61. The lowest BCUT2D eigenvalue weighted by Gasteiger charge is -2.17. The number of carbonyl (C=O) groups is 1. The Labute approximate surface area is 177 Å². The van der Waals surface area contributed by atoms with Crippen LogP contribution >= 0.6 is 39.3 Å². The summed E-state index contributed by atoms with van der Waals surface area (Å²) < 4.78 is 6.20. The minimum atomic E-state index is -0.00181. The smallest absolute Gasteiger partial charge is 0.164 e. The van der Waals surface area contributed by atoms with E-state index < -0.39 is 0 Å². The van der Waals surface area contributed by atoms with Gasteiger partial charge in [-0.1, -0.05) is 39.7 Å². The van der Waals surface area contributed by atoms with E-state index in [2.05, 4.69) is 28.1 Å². The minimum absolute atomic E-state index is 0.00181. The van der Waals surface area contributed by atoms with Gasteiger partial charge >= 0.3 is 0 Å². The molecule has 0 aromatic heterocycles. The van der Waals surface area contributed by atoms with Gasteiger partial charge in [-0.25, -0.2) is 0 Å². The summed E-state index contributed by atoms with van der Waals surface area (Å²) in [6, 6.07) is 23.1. The van der Waals surface area contributed by atoms with Gasteiger partial charge < -0.3 is 4.74 Å². The maximum absolute atomic E-state index is 12.9. The fourth-order valence-corrected chi connectivity index (χ4v) is 4.19. The first-order valence-corrected chi connectivity index (χ1v) is 10.4. The van der Waals surface area contributed by atoms with Crippen molar-refractivity contribution in [3.8, 4) is 5.75 Å². The van der Waals surface area contributed by atoms with E-state index in [1.165, 1.54) is 0 Å². The van der Waals surface area contributed by atoms with Crippen LogP contribution in [0, 0.1) is 0 Å². The molecular formula is C22H18BrClO2S. The van der Waals surface area contributed by atoms with Gasteiger partial charge in [0.25, 0.3) is 0 Å². The molecule has 3 aromatic carbocycles. The maximum atomic E-state index is 12.9. The molecule has 0 fully saturated rings. The van der Waals surface area contributed by atoms with Gasteiger partial charge in [-0.2, -0.15) is 0 Å². The maximum Gasteiger partial charge on any atom is 0.164 e. The Morgan fingerprint density at radius 2 is 1.63 bits per heavy atom. The summed E-state index contributed by atoms with van der Waals surface area (Å²) in [6.07, 6.45) is 0.398. The zero-order valence-electron chi connectivity index (χ0n) is 14.7. The van der Waals surface area contributed by atoms with Crippen molar-refractivity contribution in [2.45, 2.75) is 16.6 Å². The molecule has 0 bridgehead atoms. The number of carbonyl (C=O) groups excluding carboxylic acids is 1. The fourth-order valence-electron chi connectivity index (χ4n) is 2.65. The first-order chi connectivity index (χ1) is 13.0. The standard InChI is InChI=1S/C22H18BrClO2S/c1-26-19-10-4-15(5-11-19)21(25)14-22(16-2-8-18(24)9-3-16)27-20-12-6-17(23)7-13-20/h2-13,22H,14H2,1H3. The van der Waals surface area contributed by atoms with Crippen LogP contribution in [-0.4, -0.2) is 12.9 Å². The second-order valence-electron chi connectivity index (χ2n) is 5.97. The molecule has 0 spiro atoms. The van der Waals surface area contributed by atoms with Gasteiger partial charge in [-0.15, -0.1) is 11.8 Å². The number of hydrogen-bond acceptors (Lipinski definition) is 3. The van der Waals surface area contributed by atoms with Gasteiger partial charge in [0.1, 0.15) is 5.75 Å². The zero-order valence-corrected chi connectivity index (χ0v) is 17.9. The molecule has 0 saturated carbocycles. The number of benzene rings is 3. The highest BCUT2D eigenvalue weighted by molar-refractivity contribution is 9.10. The van der Waals surface area contributed by atoms with Gasteiger partial charge in [0.15, 0.2) is 5.78 Å². The Morgan fingerprint density at radius 1 is 1.00 bits per heavy atom. The van der Waals surface area contributed by atoms with E-state index in [4.69, 9.17) is 16.3 Å². The molecule has 27 heavy (non-hydrogen) atoms. The Morgan fingerprint density at radius 3 is 2.22 bits per heavy atom. The van der Waals surface area contributed by atoms with E-state index >= 15 is 0 Å². The van der Waals surface area contributed by atoms with E-state index in [-0.39, 0.29) is 11.0 Å². The van der Waals surface area contributed by atoms with E-state index in [0.717, 1.165) is 20.7 Å². The first-order valence-electron chi connectivity index (χ1n) is 8.40. The zero-order chi connectivity index (χ0) is 19.2. The SMILES string of the molecule is COc1ccc(C(=O)CC(Sc2ccc(Br)cc2)c2ccc(Cl)cc2)cc1. The van der Waals surface area contributed by atoms with Crippen LogP contribution in [0.25, 0.3) is 0 Å². The number of ketones is 1. The van der Waals surface area contributed by atoms with E-state index in [1.54, 1.807) is 18.9 Å². The van der Waals surface area contributed by atoms with Crippen molar-refractivity contribution in [3.05, 3.63) is 93.4 Å². The molecule has 0 radical (unpaired) electrons. The molecule has 0 aliphatic heterocycles. The van der Waals surface area contributed by atoms with Gasteiger partial charge in [0.05, 0.1) is 7.11 Å². The highest BCUT2D eigenvalue weighted by Gasteiger charge is 2.19. The molecule has 1 atom stereocenters. The molecule has 3 rings (SSSR count). The minimum Gasteiger partial charge on any atom is -0.497 e. The summed E-state index contributed by atoms with van der Waals surface area (Å²) in [5.41, 5.74) is 1.76. The summed E-state index contributed by atoms with van der Waals surface area (Å²) in [5, 5.41) is 0.686. The number of rotatable bonds is 7. The van der Waals surface area contributed by atoms with Crippen LogP contribution < -0.4 is 4.74 Å². The number of ether oxygens (including phenoxy) is 1. The van der Waals surface area contributed by atoms with Crippen molar-refractivity contribution in [2.24, 2.45) is 0 Å². The fraction of sp³-hybridized carbons (Fsp3) is 0.136. The van der Waals surface area contributed by atoms with E-state index in [9.17, 15) is 4.79 Å². The lowest BCUT2D eigenvalue weighted by molar-refractivity contribution is 0.0982. The van der Waals surface area contributed by atoms with Crippen LogP contribution in [0.4, 0.5) is 0 Å². The van der Waals surface area contributed by atoms with E-state index in [0.29, 0.717) is 17.0 Å². The van der Waals surface area contributed by atoms with Crippen LogP contribution in [0.5, 0.6) is 5.75 Å². The average Bonchev–Trinajstić information content (AvgIpc) is 2.70. The molecule has 1 unspecified atom stereocenters. The van der Waals surface area contributed by atoms with Crippen molar-refractivity contribution < 1.29 is 9.53 Å². The topological polar surface area (TPSA) is 26.3 Å². The number of methoxy groups -OCH3 is 1. The largest absolute Gasteiger partial charge is 0.497 e. The van der Waals surface area contributed by atoms with Crippen molar-refractivity contribution in [2.75, 3.05) is 7.11 Å². The highest BCUT2D eigenvalue weighted by atomic mass is 79.9. The van der Waals surface area contributed by atoms with Crippen LogP contribution in [0.1, 0.15) is 27.6 Å². The number of hydrogen-bond donors (Lipinski definition) is 0. The number of Topliss-reactive ketones (excluding diaryl/α,β-unsaturated/α-hetero) is 1. The lowest BCUT2D eigenvalue weighted by Crippen LogP contribution is -2.05. The highest BCUT2D eigenvalue weighted by Crippen LogP contribution is 2.39. The van der Waals surface area contributed by atoms with Gasteiger partial charge in [0, 0.05) is 31.6 Å². The molecule has 138 valence electrons. The summed E-state index contributed by atoms with van der Waals surface area (Å²) in [5.74, 6) is 0.840. The molecule has 3 aromatic rings. The molecule has 0 amide bonds. The molecule has 0 heterocycles.